The number of aromatic nitrogens is 3. The van der Waals surface area contributed by atoms with Gasteiger partial charge in [-0.25, -0.2) is 4.98 Å². The quantitative estimate of drug-likeness (QED) is 0.668. The fourth-order valence-electron chi connectivity index (χ4n) is 6.51. The van der Waals surface area contributed by atoms with Crippen LogP contribution >= 0.6 is 0 Å². The number of likely N-dealkylation sites (tertiary alicyclic amines) is 1. The summed E-state index contributed by atoms with van der Waals surface area (Å²) in [6, 6.07) is 12.0. The van der Waals surface area contributed by atoms with Crippen LogP contribution in [0.4, 0.5) is 17.3 Å². The fraction of sp³-hybridized carbons (Fsp3) is 0.440. The van der Waals surface area contributed by atoms with Gasteiger partial charge in [0, 0.05) is 54.6 Å². The zero-order chi connectivity index (χ0) is 22.4. The molecule has 8 nitrogen and oxygen atoms in total. The molecule has 4 heterocycles. The van der Waals surface area contributed by atoms with Crippen LogP contribution in [-0.2, 0) is 5.54 Å². The van der Waals surface area contributed by atoms with E-state index in [1.54, 1.807) is 16.8 Å². The lowest BCUT2D eigenvalue weighted by Crippen LogP contribution is -2.71. The summed E-state index contributed by atoms with van der Waals surface area (Å²) >= 11 is 0. The summed E-state index contributed by atoms with van der Waals surface area (Å²) in [6.45, 7) is 4.65. The van der Waals surface area contributed by atoms with E-state index in [4.69, 9.17) is 4.98 Å². The van der Waals surface area contributed by atoms with Crippen molar-refractivity contribution in [2.45, 2.75) is 24.8 Å². The van der Waals surface area contributed by atoms with Crippen LogP contribution in [0.1, 0.15) is 24.8 Å². The number of nitrogens with zero attached hydrogens (tertiary/aromatic N) is 6. The molecule has 5 aliphatic rings. The van der Waals surface area contributed by atoms with Crippen LogP contribution in [0.5, 0.6) is 0 Å². The molecular weight excluding hydrogens is 414 g/mol. The van der Waals surface area contributed by atoms with Gasteiger partial charge in [-0.1, -0.05) is 0 Å². The highest BCUT2D eigenvalue weighted by Crippen LogP contribution is 2.62. The molecule has 0 atom stereocenters. The smallest absolute Gasteiger partial charge is 0.270 e. The largest absolute Gasteiger partial charge is 0.370 e. The molecule has 8 heteroatoms. The van der Waals surface area contributed by atoms with Crippen molar-refractivity contribution in [3.8, 4) is 6.07 Å². The highest BCUT2D eigenvalue weighted by molar-refractivity contribution is 5.78. The summed E-state index contributed by atoms with van der Waals surface area (Å²) < 4.78 is 1.77. The Morgan fingerprint density at radius 2 is 1.85 bits per heavy atom. The number of hydrogen-bond donors (Lipinski definition) is 1. The first-order chi connectivity index (χ1) is 16.0. The minimum Gasteiger partial charge on any atom is -0.370 e. The molecule has 8 rings (SSSR count). The maximum absolute atomic E-state index is 13.0. The Balaban J connectivity index is 1.15. The molecule has 2 aromatic heterocycles. The SMILES string of the molecule is CN1CC2(C1)CN(c1ccc(Nc3ncc4cc(C#N)c(=O)n(C56CC(C5)C6)c4n3)cc1)C2. The molecule has 3 aliphatic carbocycles. The molecule has 3 aromatic rings. The highest BCUT2D eigenvalue weighted by Gasteiger charge is 2.59. The van der Waals surface area contributed by atoms with E-state index in [2.05, 4.69) is 39.3 Å². The maximum Gasteiger partial charge on any atom is 0.270 e. The third-order valence-corrected chi connectivity index (χ3v) is 8.09. The summed E-state index contributed by atoms with van der Waals surface area (Å²) in [7, 11) is 2.18. The van der Waals surface area contributed by atoms with Gasteiger partial charge >= 0.3 is 0 Å². The molecule has 33 heavy (non-hydrogen) atoms. The van der Waals surface area contributed by atoms with Crippen LogP contribution in [0.2, 0.25) is 0 Å². The first kappa shape index (κ1) is 19.1. The predicted molar refractivity (Wildman–Crippen MR) is 126 cm³/mol. The highest BCUT2D eigenvalue weighted by atomic mass is 16.1. The van der Waals surface area contributed by atoms with E-state index in [0.29, 0.717) is 22.9 Å². The fourth-order valence-corrected chi connectivity index (χ4v) is 6.51. The Morgan fingerprint density at radius 3 is 2.45 bits per heavy atom. The van der Waals surface area contributed by atoms with Crippen molar-refractivity contribution in [2.75, 3.05) is 43.4 Å². The second kappa shape index (κ2) is 6.33. The monoisotopic (exact) mass is 439 g/mol. The molecular formula is C25H25N7O. The van der Waals surface area contributed by atoms with Gasteiger partial charge in [0.1, 0.15) is 17.3 Å². The van der Waals surface area contributed by atoms with Crippen molar-refractivity contribution in [2.24, 2.45) is 11.3 Å². The summed E-state index contributed by atoms with van der Waals surface area (Å²) in [5.74, 6) is 1.17. The molecule has 5 fully saturated rings. The summed E-state index contributed by atoms with van der Waals surface area (Å²) in [5.41, 5.74) is 3.03. The molecule has 166 valence electrons. The van der Waals surface area contributed by atoms with Gasteiger partial charge in [-0.15, -0.1) is 0 Å². The Bertz CT molecular complexity index is 1370. The molecule has 1 aromatic carbocycles. The first-order valence-electron chi connectivity index (χ1n) is 11.6. The standard InChI is InChI=1S/C25H25N7O/c1-30-12-24(13-30)14-31(15-24)20-4-2-19(3-5-20)28-23-27-11-18-6-17(10-26)22(33)32(21(18)29-23)25-7-16(8-25)9-25/h2-6,11,16H,7-9,12-15H2,1H3,(H,27,28,29). The number of benzene rings is 1. The average molecular weight is 440 g/mol. The predicted octanol–water partition coefficient (Wildman–Crippen LogP) is 2.67. The van der Waals surface area contributed by atoms with E-state index >= 15 is 0 Å². The topological polar surface area (TPSA) is 90.1 Å². The van der Waals surface area contributed by atoms with Crippen LogP contribution in [0, 0.1) is 22.7 Å². The number of rotatable bonds is 4. The van der Waals surface area contributed by atoms with Crippen molar-refractivity contribution in [1.29, 1.82) is 5.26 Å². The minimum absolute atomic E-state index is 0.161. The Morgan fingerprint density at radius 1 is 1.12 bits per heavy atom. The third kappa shape index (κ3) is 2.69. The van der Waals surface area contributed by atoms with Gasteiger partial charge in [0.25, 0.3) is 5.56 Å². The second-order valence-corrected chi connectivity index (χ2v) is 10.7. The van der Waals surface area contributed by atoms with Crippen LogP contribution < -0.4 is 15.8 Å². The zero-order valence-corrected chi connectivity index (χ0v) is 18.6. The molecule has 2 saturated heterocycles. The van der Waals surface area contributed by atoms with Crippen molar-refractivity contribution >= 4 is 28.4 Å². The number of nitriles is 1. The first-order valence-corrected chi connectivity index (χ1v) is 11.6. The molecule has 0 radical (unpaired) electrons. The number of fused-ring (bicyclic) bond motifs is 1. The summed E-state index contributed by atoms with van der Waals surface area (Å²) in [6.07, 6.45) is 4.70. The Labute approximate surface area is 191 Å². The molecule has 3 saturated carbocycles. The zero-order valence-electron chi connectivity index (χ0n) is 18.6. The molecule has 1 N–H and O–H groups in total. The Kier molecular flexibility index (Phi) is 3.66. The van der Waals surface area contributed by atoms with Gasteiger partial charge in [0.15, 0.2) is 0 Å². The lowest BCUT2D eigenvalue weighted by Gasteiger charge is -2.62. The van der Waals surface area contributed by atoms with Crippen molar-refractivity contribution < 1.29 is 0 Å². The molecule has 2 bridgehead atoms. The molecule has 0 amide bonds. The summed E-state index contributed by atoms with van der Waals surface area (Å²) in [4.78, 5) is 27.0. The van der Waals surface area contributed by atoms with Crippen molar-refractivity contribution in [3.63, 3.8) is 0 Å². The summed E-state index contributed by atoms with van der Waals surface area (Å²) in [5, 5.41) is 13.5. The maximum atomic E-state index is 13.0. The van der Waals surface area contributed by atoms with Gasteiger partial charge in [-0.2, -0.15) is 10.2 Å². The Hall–Kier alpha value is -3.44. The lowest BCUT2D eigenvalue weighted by molar-refractivity contribution is -0.0884. The van der Waals surface area contributed by atoms with Gasteiger partial charge in [-0.3, -0.25) is 9.36 Å². The van der Waals surface area contributed by atoms with E-state index in [-0.39, 0.29) is 16.7 Å². The van der Waals surface area contributed by atoms with E-state index in [9.17, 15) is 10.1 Å². The van der Waals surface area contributed by atoms with Crippen LogP contribution in [0.25, 0.3) is 11.0 Å². The van der Waals surface area contributed by atoms with Crippen molar-refractivity contribution in [1.82, 2.24) is 19.4 Å². The molecule has 0 unspecified atom stereocenters. The second-order valence-electron chi connectivity index (χ2n) is 10.7. The van der Waals surface area contributed by atoms with Gasteiger partial charge < -0.3 is 15.1 Å². The van der Waals surface area contributed by atoms with Crippen LogP contribution in [-0.4, -0.2) is 52.7 Å². The van der Waals surface area contributed by atoms with E-state index in [0.717, 1.165) is 43.4 Å². The molecule has 2 aliphatic heterocycles. The number of anilines is 3. The minimum atomic E-state index is -0.234. The van der Waals surface area contributed by atoms with Crippen LogP contribution in [0.3, 0.4) is 0 Å². The normalized spacial score (nSPS) is 26.7. The van der Waals surface area contributed by atoms with Gasteiger partial charge in [-0.05, 0) is 62.6 Å². The number of pyridine rings is 1. The molecule has 1 spiro atoms. The lowest BCUT2D eigenvalue weighted by atomic mass is 9.49. The number of hydrogen-bond acceptors (Lipinski definition) is 7. The van der Waals surface area contributed by atoms with E-state index < -0.39 is 0 Å². The van der Waals surface area contributed by atoms with Gasteiger partial charge in [0.2, 0.25) is 5.95 Å². The van der Waals surface area contributed by atoms with Gasteiger partial charge in [0.05, 0.1) is 5.54 Å². The number of nitrogens with one attached hydrogen (secondary N) is 1. The van der Waals surface area contributed by atoms with E-state index in [1.165, 1.54) is 18.8 Å². The average Bonchev–Trinajstić information content (AvgIpc) is 2.70. The third-order valence-electron chi connectivity index (χ3n) is 8.09. The van der Waals surface area contributed by atoms with Crippen molar-refractivity contribution in [3.05, 3.63) is 52.4 Å². The van der Waals surface area contributed by atoms with Crippen LogP contribution in [0.15, 0.2) is 41.3 Å². The van der Waals surface area contributed by atoms with E-state index in [1.807, 2.05) is 18.2 Å².